The maximum Gasteiger partial charge on any atom is 0.214 e. The van der Waals surface area contributed by atoms with Crippen LogP contribution >= 0.6 is 11.6 Å². The molecule has 1 fully saturated rings. The summed E-state index contributed by atoms with van der Waals surface area (Å²) in [6, 6.07) is 3.70. The van der Waals surface area contributed by atoms with Crippen molar-refractivity contribution in [3.8, 4) is 0 Å². The van der Waals surface area contributed by atoms with Gasteiger partial charge < -0.3 is 0 Å². The van der Waals surface area contributed by atoms with Gasteiger partial charge in [-0.2, -0.15) is 0 Å². The Morgan fingerprint density at radius 2 is 2.11 bits per heavy atom. The highest BCUT2D eigenvalue weighted by Crippen LogP contribution is 2.21. The SMILES string of the molecule is O=S(=O)(CCc1ccncc1)N1CCC(CCl)C1. The molecule has 0 saturated carbocycles. The molecule has 6 heteroatoms. The van der Waals surface area contributed by atoms with Crippen molar-refractivity contribution in [3.05, 3.63) is 30.1 Å². The fourth-order valence-electron chi connectivity index (χ4n) is 2.10. The summed E-state index contributed by atoms with van der Waals surface area (Å²) in [6.07, 6.45) is 4.77. The van der Waals surface area contributed by atoms with E-state index in [4.69, 9.17) is 11.6 Å². The molecule has 0 bridgehead atoms. The number of halogens is 1. The molecule has 1 atom stereocenters. The van der Waals surface area contributed by atoms with Gasteiger partial charge in [-0.1, -0.05) is 0 Å². The first-order chi connectivity index (χ1) is 8.62. The molecule has 1 aliphatic heterocycles. The van der Waals surface area contributed by atoms with E-state index >= 15 is 0 Å². The van der Waals surface area contributed by atoms with Gasteiger partial charge in [-0.25, -0.2) is 12.7 Å². The normalized spacial score (nSPS) is 21.3. The van der Waals surface area contributed by atoms with Crippen molar-refractivity contribution < 1.29 is 8.42 Å². The number of aromatic nitrogens is 1. The fraction of sp³-hybridized carbons (Fsp3) is 0.583. The molecular weight excluding hydrogens is 272 g/mol. The molecule has 0 aliphatic carbocycles. The molecule has 2 rings (SSSR count). The van der Waals surface area contributed by atoms with Crippen LogP contribution < -0.4 is 0 Å². The summed E-state index contributed by atoms with van der Waals surface area (Å²) >= 11 is 5.77. The van der Waals surface area contributed by atoms with Crippen molar-refractivity contribution >= 4 is 21.6 Å². The van der Waals surface area contributed by atoms with Gasteiger partial charge in [0.1, 0.15) is 0 Å². The third-order valence-electron chi connectivity index (χ3n) is 3.26. The minimum atomic E-state index is -3.15. The molecule has 1 aromatic rings. The Morgan fingerprint density at radius 3 is 2.72 bits per heavy atom. The number of aryl methyl sites for hydroxylation is 1. The second-order valence-electron chi connectivity index (χ2n) is 4.59. The number of hydrogen-bond acceptors (Lipinski definition) is 3. The summed E-state index contributed by atoms with van der Waals surface area (Å²) in [7, 11) is -3.15. The Balaban J connectivity index is 1.92. The maximum absolute atomic E-state index is 12.1. The van der Waals surface area contributed by atoms with Crippen molar-refractivity contribution in [2.45, 2.75) is 12.8 Å². The lowest BCUT2D eigenvalue weighted by molar-refractivity contribution is 0.465. The van der Waals surface area contributed by atoms with Crippen LogP contribution in [0.2, 0.25) is 0 Å². The second-order valence-corrected chi connectivity index (χ2v) is 6.99. The highest BCUT2D eigenvalue weighted by atomic mass is 35.5. The van der Waals surface area contributed by atoms with Crippen LogP contribution in [0.1, 0.15) is 12.0 Å². The lowest BCUT2D eigenvalue weighted by Crippen LogP contribution is -2.31. The number of sulfonamides is 1. The number of nitrogens with zero attached hydrogens (tertiary/aromatic N) is 2. The number of pyridine rings is 1. The Labute approximate surface area is 113 Å². The number of rotatable bonds is 5. The van der Waals surface area contributed by atoms with Crippen LogP contribution in [0.25, 0.3) is 0 Å². The molecule has 18 heavy (non-hydrogen) atoms. The van der Waals surface area contributed by atoms with Crippen LogP contribution in [0.15, 0.2) is 24.5 Å². The quantitative estimate of drug-likeness (QED) is 0.772. The molecule has 4 nitrogen and oxygen atoms in total. The van der Waals surface area contributed by atoms with E-state index in [0.717, 1.165) is 12.0 Å². The zero-order valence-corrected chi connectivity index (χ0v) is 11.7. The van der Waals surface area contributed by atoms with Crippen LogP contribution in [0.3, 0.4) is 0 Å². The van der Waals surface area contributed by atoms with E-state index in [1.807, 2.05) is 12.1 Å². The lowest BCUT2D eigenvalue weighted by Gasteiger charge is -2.16. The van der Waals surface area contributed by atoms with Crippen molar-refractivity contribution in [2.75, 3.05) is 24.7 Å². The van der Waals surface area contributed by atoms with Gasteiger partial charge in [0.15, 0.2) is 0 Å². The first-order valence-electron chi connectivity index (χ1n) is 6.04. The molecular formula is C12H17ClN2O2S. The van der Waals surface area contributed by atoms with Gasteiger partial charge >= 0.3 is 0 Å². The lowest BCUT2D eigenvalue weighted by atomic mass is 10.2. The molecule has 1 unspecified atom stereocenters. The van der Waals surface area contributed by atoms with Gasteiger partial charge in [0.05, 0.1) is 5.75 Å². The monoisotopic (exact) mass is 288 g/mol. The highest BCUT2D eigenvalue weighted by molar-refractivity contribution is 7.89. The summed E-state index contributed by atoms with van der Waals surface area (Å²) in [5, 5.41) is 0. The molecule has 0 radical (unpaired) electrons. The van der Waals surface area contributed by atoms with E-state index in [1.165, 1.54) is 0 Å². The van der Waals surface area contributed by atoms with E-state index in [1.54, 1.807) is 16.7 Å². The average Bonchev–Trinajstić information content (AvgIpc) is 2.87. The van der Waals surface area contributed by atoms with Crippen molar-refractivity contribution in [1.82, 2.24) is 9.29 Å². The van der Waals surface area contributed by atoms with Crippen LogP contribution in [0.5, 0.6) is 0 Å². The fourth-order valence-corrected chi connectivity index (χ4v) is 3.93. The molecule has 0 spiro atoms. The molecule has 2 heterocycles. The third kappa shape index (κ3) is 3.43. The molecule has 1 aromatic heterocycles. The first kappa shape index (κ1) is 13.8. The topological polar surface area (TPSA) is 50.3 Å². The average molecular weight is 289 g/mol. The largest absolute Gasteiger partial charge is 0.265 e. The van der Waals surface area contributed by atoms with E-state index in [9.17, 15) is 8.42 Å². The number of hydrogen-bond donors (Lipinski definition) is 0. The Hall–Kier alpha value is -0.650. The summed E-state index contributed by atoms with van der Waals surface area (Å²) in [5.41, 5.74) is 1.00. The summed E-state index contributed by atoms with van der Waals surface area (Å²) in [6.45, 7) is 1.18. The Morgan fingerprint density at radius 1 is 1.39 bits per heavy atom. The van der Waals surface area contributed by atoms with Crippen molar-refractivity contribution in [2.24, 2.45) is 5.92 Å². The summed E-state index contributed by atoms with van der Waals surface area (Å²) in [4.78, 5) is 3.91. The maximum atomic E-state index is 12.1. The molecule has 0 N–H and O–H groups in total. The smallest absolute Gasteiger partial charge is 0.214 e. The van der Waals surface area contributed by atoms with Gasteiger partial charge in [0.25, 0.3) is 0 Å². The third-order valence-corrected chi connectivity index (χ3v) is 5.53. The van der Waals surface area contributed by atoms with Crippen molar-refractivity contribution in [3.63, 3.8) is 0 Å². The summed E-state index contributed by atoms with van der Waals surface area (Å²) < 4.78 is 25.8. The highest BCUT2D eigenvalue weighted by Gasteiger charge is 2.30. The van der Waals surface area contributed by atoms with E-state index in [0.29, 0.717) is 31.3 Å². The zero-order chi connectivity index (χ0) is 13.0. The van der Waals surface area contributed by atoms with E-state index in [-0.39, 0.29) is 5.75 Å². The van der Waals surface area contributed by atoms with Crippen LogP contribution in [0.4, 0.5) is 0 Å². The standard InChI is InChI=1S/C12H17ClN2O2S/c13-9-12-3-7-15(10-12)18(16,17)8-4-11-1-5-14-6-2-11/h1-2,5-6,12H,3-4,7-10H2. The van der Waals surface area contributed by atoms with Gasteiger partial charge in [-0.3, -0.25) is 4.98 Å². The molecule has 100 valence electrons. The molecule has 0 amide bonds. The van der Waals surface area contributed by atoms with Gasteiger partial charge in [-0.05, 0) is 36.5 Å². The van der Waals surface area contributed by atoms with Gasteiger partial charge in [-0.15, -0.1) is 11.6 Å². The number of alkyl halides is 1. The predicted octanol–water partition coefficient (Wildman–Crippen LogP) is 1.51. The zero-order valence-electron chi connectivity index (χ0n) is 10.1. The summed E-state index contributed by atoms with van der Waals surface area (Å²) in [5.74, 6) is 1.00. The first-order valence-corrected chi connectivity index (χ1v) is 8.19. The minimum absolute atomic E-state index is 0.159. The minimum Gasteiger partial charge on any atom is -0.265 e. The molecule has 1 aliphatic rings. The van der Waals surface area contributed by atoms with Crippen molar-refractivity contribution in [1.29, 1.82) is 0 Å². The van der Waals surface area contributed by atoms with Gasteiger partial charge in [0.2, 0.25) is 10.0 Å². The Kier molecular flexibility index (Phi) is 4.59. The van der Waals surface area contributed by atoms with E-state index < -0.39 is 10.0 Å². The van der Waals surface area contributed by atoms with E-state index in [2.05, 4.69) is 4.98 Å². The predicted molar refractivity (Wildman–Crippen MR) is 72.1 cm³/mol. The second kappa shape index (κ2) is 5.99. The molecule has 1 saturated heterocycles. The molecule has 0 aromatic carbocycles. The van der Waals surface area contributed by atoms with Crippen LogP contribution in [0, 0.1) is 5.92 Å². The van der Waals surface area contributed by atoms with Crippen LogP contribution in [-0.2, 0) is 16.4 Å². The Bertz CT molecular complexity index is 478. The van der Waals surface area contributed by atoms with Gasteiger partial charge in [0, 0.05) is 31.4 Å². The van der Waals surface area contributed by atoms with Crippen LogP contribution in [-0.4, -0.2) is 42.4 Å².